The molecule has 0 spiro atoms. The van der Waals surface area contributed by atoms with Crippen LogP contribution < -0.4 is 5.32 Å². The third kappa shape index (κ3) is 2.77. The van der Waals surface area contributed by atoms with Crippen LogP contribution in [0.5, 0.6) is 0 Å². The fraction of sp³-hybridized carbons (Fsp3) is 0.615. The first-order valence-electron chi connectivity index (χ1n) is 6.73. The number of pyridine rings is 1. The molecule has 2 heterocycles. The molecular weight excluding hydrogens is 298 g/mol. The fourth-order valence-corrected chi connectivity index (χ4v) is 4.73. The van der Waals surface area contributed by atoms with Crippen LogP contribution in [0.2, 0.25) is 5.02 Å². The summed E-state index contributed by atoms with van der Waals surface area (Å²) in [5.41, 5.74) is 0. The number of aromatic nitrogens is 1. The Morgan fingerprint density at radius 2 is 2.20 bits per heavy atom. The number of halogens is 1. The van der Waals surface area contributed by atoms with E-state index < -0.39 is 10.0 Å². The first-order chi connectivity index (χ1) is 9.37. The lowest BCUT2D eigenvalue weighted by molar-refractivity contribution is 0.315. The Morgan fingerprint density at radius 1 is 1.50 bits per heavy atom. The van der Waals surface area contributed by atoms with Gasteiger partial charge in [-0.1, -0.05) is 25.4 Å². The van der Waals surface area contributed by atoms with E-state index in [-0.39, 0.29) is 10.9 Å². The van der Waals surface area contributed by atoms with Crippen molar-refractivity contribution in [1.82, 2.24) is 9.29 Å². The molecule has 1 aromatic rings. The minimum absolute atomic E-state index is 0.0581. The van der Waals surface area contributed by atoms with Crippen molar-refractivity contribution in [2.24, 2.45) is 5.92 Å². The molecule has 1 aliphatic heterocycles. The van der Waals surface area contributed by atoms with Crippen molar-refractivity contribution < 1.29 is 8.42 Å². The molecule has 0 amide bonds. The average molecular weight is 318 g/mol. The van der Waals surface area contributed by atoms with E-state index in [1.165, 1.54) is 12.3 Å². The Balaban J connectivity index is 2.37. The highest BCUT2D eigenvalue weighted by molar-refractivity contribution is 7.89. The molecule has 0 aliphatic carbocycles. The maximum atomic E-state index is 12.7. The highest BCUT2D eigenvalue weighted by Crippen LogP contribution is 2.31. The predicted molar refractivity (Wildman–Crippen MR) is 80.5 cm³/mol. The standard InChI is InChI=1S/C13H20ClN3O2S/c1-9(2)12-5-4-6-17(12)20(18,19)10-7-11(14)13(15-3)16-8-10/h7-9,12H,4-6H2,1-3H3,(H,15,16). The van der Waals surface area contributed by atoms with E-state index in [2.05, 4.69) is 10.3 Å². The van der Waals surface area contributed by atoms with Gasteiger partial charge in [0.2, 0.25) is 10.0 Å². The van der Waals surface area contributed by atoms with Gasteiger partial charge in [-0.2, -0.15) is 4.31 Å². The molecular formula is C13H20ClN3O2S. The zero-order valence-corrected chi connectivity index (χ0v) is 13.5. The van der Waals surface area contributed by atoms with Crippen molar-refractivity contribution in [3.63, 3.8) is 0 Å². The van der Waals surface area contributed by atoms with Crippen molar-refractivity contribution in [3.05, 3.63) is 17.3 Å². The number of hydrogen-bond donors (Lipinski definition) is 1. The largest absolute Gasteiger partial charge is 0.372 e. The predicted octanol–water partition coefficient (Wildman–Crippen LogP) is 2.59. The number of hydrogen-bond acceptors (Lipinski definition) is 4. The maximum absolute atomic E-state index is 12.7. The zero-order chi connectivity index (χ0) is 14.9. The topological polar surface area (TPSA) is 62.3 Å². The zero-order valence-electron chi connectivity index (χ0n) is 11.9. The van der Waals surface area contributed by atoms with Crippen molar-refractivity contribution in [1.29, 1.82) is 0 Å². The van der Waals surface area contributed by atoms with E-state index in [9.17, 15) is 8.42 Å². The lowest BCUT2D eigenvalue weighted by Gasteiger charge is -2.26. The van der Waals surface area contributed by atoms with Crippen LogP contribution in [0.4, 0.5) is 5.82 Å². The number of sulfonamides is 1. The summed E-state index contributed by atoms with van der Waals surface area (Å²) in [6.07, 6.45) is 3.17. The van der Waals surface area contributed by atoms with Crippen LogP contribution in [-0.2, 0) is 10.0 Å². The molecule has 1 fully saturated rings. The van der Waals surface area contributed by atoms with Gasteiger partial charge in [0.05, 0.1) is 5.02 Å². The Kier molecular flexibility index (Phi) is 4.56. The Hall–Kier alpha value is -0.850. The Bertz CT molecular complexity index is 589. The van der Waals surface area contributed by atoms with Crippen LogP contribution in [0.25, 0.3) is 0 Å². The van der Waals surface area contributed by atoms with Crippen LogP contribution in [0.1, 0.15) is 26.7 Å². The number of nitrogens with one attached hydrogen (secondary N) is 1. The molecule has 1 unspecified atom stereocenters. The summed E-state index contributed by atoms with van der Waals surface area (Å²) >= 11 is 6.03. The molecule has 0 bridgehead atoms. The van der Waals surface area contributed by atoms with E-state index >= 15 is 0 Å². The lowest BCUT2D eigenvalue weighted by atomic mass is 10.0. The van der Waals surface area contributed by atoms with Crippen LogP contribution in [-0.4, -0.2) is 37.3 Å². The quantitative estimate of drug-likeness (QED) is 0.927. The molecule has 5 nitrogen and oxygen atoms in total. The summed E-state index contributed by atoms with van der Waals surface area (Å²) in [6.45, 7) is 4.66. The summed E-state index contributed by atoms with van der Waals surface area (Å²) in [5, 5.41) is 3.13. The van der Waals surface area contributed by atoms with Gasteiger partial charge in [-0.25, -0.2) is 13.4 Å². The van der Waals surface area contributed by atoms with Gasteiger partial charge in [-0.05, 0) is 24.8 Å². The van der Waals surface area contributed by atoms with E-state index in [1.807, 2.05) is 13.8 Å². The molecule has 112 valence electrons. The average Bonchev–Trinajstić information content (AvgIpc) is 2.88. The number of nitrogens with zero attached hydrogens (tertiary/aromatic N) is 2. The molecule has 20 heavy (non-hydrogen) atoms. The third-order valence-corrected chi connectivity index (χ3v) is 5.86. The van der Waals surface area contributed by atoms with Crippen LogP contribution in [0.3, 0.4) is 0 Å². The molecule has 1 atom stereocenters. The van der Waals surface area contributed by atoms with Gasteiger partial charge in [0, 0.05) is 25.8 Å². The highest BCUT2D eigenvalue weighted by atomic mass is 35.5. The van der Waals surface area contributed by atoms with Crippen molar-refractivity contribution in [2.75, 3.05) is 18.9 Å². The van der Waals surface area contributed by atoms with E-state index in [1.54, 1.807) is 11.4 Å². The summed E-state index contributed by atoms with van der Waals surface area (Å²) < 4.78 is 27.0. The summed E-state index contributed by atoms with van der Waals surface area (Å²) in [5.74, 6) is 0.778. The fourth-order valence-electron chi connectivity index (χ4n) is 2.61. The van der Waals surface area contributed by atoms with Gasteiger partial charge < -0.3 is 5.32 Å². The first kappa shape index (κ1) is 15.5. The number of rotatable bonds is 4. The monoisotopic (exact) mass is 317 g/mol. The van der Waals surface area contributed by atoms with Crippen LogP contribution in [0, 0.1) is 5.92 Å². The van der Waals surface area contributed by atoms with Gasteiger partial charge in [-0.3, -0.25) is 0 Å². The van der Waals surface area contributed by atoms with Gasteiger partial charge >= 0.3 is 0 Å². The molecule has 1 aromatic heterocycles. The number of anilines is 1. The molecule has 0 saturated carbocycles. The summed E-state index contributed by atoms with van der Waals surface area (Å²) in [6, 6.07) is 1.52. The Morgan fingerprint density at radius 3 is 2.75 bits per heavy atom. The van der Waals surface area contributed by atoms with Gasteiger partial charge in [0.25, 0.3) is 0 Å². The minimum Gasteiger partial charge on any atom is -0.372 e. The summed E-state index contributed by atoms with van der Waals surface area (Å²) in [7, 11) is -1.83. The molecule has 7 heteroatoms. The van der Waals surface area contributed by atoms with Crippen molar-refractivity contribution in [2.45, 2.75) is 37.6 Å². The summed E-state index contributed by atoms with van der Waals surface area (Å²) in [4.78, 5) is 4.22. The second kappa shape index (κ2) is 5.87. The molecule has 2 rings (SSSR count). The normalized spacial score (nSPS) is 20.6. The third-order valence-electron chi connectivity index (χ3n) is 3.68. The SMILES string of the molecule is CNc1ncc(S(=O)(=O)N2CCCC2C(C)C)cc1Cl. The Labute approximate surface area is 125 Å². The lowest BCUT2D eigenvalue weighted by Crippen LogP contribution is -2.38. The molecule has 1 aliphatic rings. The van der Waals surface area contributed by atoms with E-state index in [0.717, 1.165) is 12.8 Å². The van der Waals surface area contributed by atoms with Crippen LogP contribution in [0.15, 0.2) is 17.2 Å². The second-order valence-corrected chi connectivity index (χ2v) is 7.62. The van der Waals surface area contributed by atoms with E-state index in [4.69, 9.17) is 11.6 Å². The van der Waals surface area contributed by atoms with Crippen LogP contribution >= 0.6 is 11.6 Å². The van der Waals surface area contributed by atoms with Crippen molar-refractivity contribution in [3.8, 4) is 0 Å². The van der Waals surface area contributed by atoms with E-state index in [0.29, 0.717) is 23.3 Å². The second-order valence-electron chi connectivity index (χ2n) is 5.32. The minimum atomic E-state index is -3.52. The van der Waals surface area contributed by atoms with Gasteiger partial charge in [0.1, 0.15) is 10.7 Å². The molecule has 0 aromatic carbocycles. The van der Waals surface area contributed by atoms with Crippen molar-refractivity contribution >= 4 is 27.4 Å². The smallest absolute Gasteiger partial charge is 0.244 e. The molecule has 0 radical (unpaired) electrons. The first-order valence-corrected chi connectivity index (χ1v) is 8.55. The molecule has 1 N–H and O–H groups in total. The molecule has 1 saturated heterocycles. The van der Waals surface area contributed by atoms with Gasteiger partial charge in [-0.15, -0.1) is 0 Å². The highest BCUT2D eigenvalue weighted by Gasteiger charge is 2.37. The maximum Gasteiger partial charge on any atom is 0.244 e. The van der Waals surface area contributed by atoms with Gasteiger partial charge in [0.15, 0.2) is 0 Å².